The van der Waals surface area contributed by atoms with Crippen LogP contribution in [0.3, 0.4) is 0 Å². The van der Waals surface area contributed by atoms with Crippen LogP contribution in [0.5, 0.6) is 0 Å². The van der Waals surface area contributed by atoms with Crippen molar-refractivity contribution in [2.45, 2.75) is 31.7 Å². The van der Waals surface area contributed by atoms with E-state index >= 15 is 0 Å². The number of thiazole rings is 1. The molecular formula is C21H19FN2OS. The lowest BCUT2D eigenvalue weighted by Crippen LogP contribution is -2.50. The standard InChI is InChI=1S/C21H19FN2OS/c1-14-13-26-20(23-14)16-5-3-15(4-6-16)19(25)24-21(11-2-12-21)17-7-9-18(22)10-8-17/h3-10,13H,2,11-12H2,1H3,(H,24,25). The molecule has 132 valence electrons. The minimum Gasteiger partial charge on any atom is -0.343 e. The fourth-order valence-electron chi connectivity index (χ4n) is 3.33. The molecule has 0 saturated heterocycles. The lowest BCUT2D eigenvalue weighted by atomic mass is 9.71. The van der Waals surface area contributed by atoms with Crippen molar-refractivity contribution in [1.82, 2.24) is 10.3 Å². The second-order valence-corrected chi connectivity index (χ2v) is 7.63. The first-order chi connectivity index (χ1) is 12.6. The quantitative estimate of drug-likeness (QED) is 0.701. The van der Waals surface area contributed by atoms with Crippen LogP contribution in [0.4, 0.5) is 4.39 Å². The number of benzene rings is 2. The molecule has 1 aliphatic rings. The highest BCUT2D eigenvalue weighted by Gasteiger charge is 2.40. The summed E-state index contributed by atoms with van der Waals surface area (Å²) < 4.78 is 13.2. The van der Waals surface area contributed by atoms with E-state index in [1.165, 1.54) is 12.1 Å². The number of nitrogens with one attached hydrogen (secondary N) is 1. The van der Waals surface area contributed by atoms with Crippen LogP contribution in [0.25, 0.3) is 10.6 Å². The number of nitrogens with zero attached hydrogens (tertiary/aromatic N) is 1. The maximum atomic E-state index is 13.2. The zero-order chi connectivity index (χ0) is 18.1. The minimum atomic E-state index is -0.379. The lowest BCUT2D eigenvalue weighted by molar-refractivity contribution is 0.0823. The third kappa shape index (κ3) is 3.15. The number of hydrogen-bond acceptors (Lipinski definition) is 3. The molecule has 3 nitrogen and oxygen atoms in total. The van der Waals surface area contributed by atoms with Crippen LogP contribution in [0.1, 0.15) is 40.9 Å². The molecule has 1 saturated carbocycles. The van der Waals surface area contributed by atoms with E-state index in [1.54, 1.807) is 23.5 Å². The van der Waals surface area contributed by atoms with Crippen molar-refractivity contribution in [1.29, 1.82) is 0 Å². The summed E-state index contributed by atoms with van der Waals surface area (Å²) in [5.74, 6) is -0.363. The predicted molar refractivity (Wildman–Crippen MR) is 102 cm³/mol. The van der Waals surface area contributed by atoms with E-state index in [2.05, 4.69) is 10.3 Å². The van der Waals surface area contributed by atoms with Crippen molar-refractivity contribution in [2.24, 2.45) is 0 Å². The number of rotatable bonds is 4. The zero-order valence-electron chi connectivity index (χ0n) is 14.5. The van der Waals surface area contributed by atoms with E-state index in [9.17, 15) is 9.18 Å². The second kappa shape index (κ2) is 6.65. The average molecular weight is 366 g/mol. The molecule has 1 aromatic heterocycles. The van der Waals surface area contributed by atoms with Crippen LogP contribution in [0, 0.1) is 12.7 Å². The number of halogens is 1. The van der Waals surface area contributed by atoms with Crippen molar-refractivity contribution in [3.8, 4) is 10.6 Å². The summed E-state index contributed by atoms with van der Waals surface area (Å²) in [5, 5.41) is 6.14. The first-order valence-electron chi connectivity index (χ1n) is 8.67. The van der Waals surface area contributed by atoms with Gasteiger partial charge in [0.15, 0.2) is 0 Å². The van der Waals surface area contributed by atoms with Crippen LogP contribution < -0.4 is 5.32 Å². The van der Waals surface area contributed by atoms with Crippen molar-refractivity contribution >= 4 is 17.2 Å². The Morgan fingerprint density at radius 1 is 1.12 bits per heavy atom. The number of hydrogen-bond donors (Lipinski definition) is 1. The molecule has 0 unspecified atom stereocenters. The molecule has 1 N–H and O–H groups in total. The molecule has 0 spiro atoms. The number of aromatic nitrogens is 1. The average Bonchev–Trinajstić information content (AvgIpc) is 3.05. The van der Waals surface area contributed by atoms with Gasteiger partial charge in [0.2, 0.25) is 0 Å². The Kier molecular flexibility index (Phi) is 4.32. The second-order valence-electron chi connectivity index (χ2n) is 6.77. The molecule has 26 heavy (non-hydrogen) atoms. The van der Waals surface area contributed by atoms with E-state index < -0.39 is 0 Å². The lowest BCUT2D eigenvalue weighted by Gasteiger charge is -2.43. The van der Waals surface area contributed by atoms with Gasteiger partial charge >= 0.3 is 0 Å². The zero-order valence-corrected chi connectivity index (χ0v) is 15.3. The maximum absolute atomic E-state index is 13.2. The highest BCUT2D eigenvalue weighted by molar-refractivity contribution is 7.13. The van der Waals surface area contributed by atoms with Gasteiger partial charge in [-0.05, 0) is 56.0 Å². The van der Waals surface area contributed by atoms with Crippen molar-refractivity contribution in [2.75, 3.05) is 0 Å². The number of aryl methyl sites for hydroxylation is 1. The largest absolute Gasteiger partial charge is 0.343 e. The summed E-state index contributed by atoms with van der Waals surface area (Å²) in [6, 6.07) is 14.0. The number of carbonyl (C=O) groups excluding carboxylic acids is 1. The summed E-state index contributed by atoms with van der Waals surface area (Å²) in [4.78, 5) is 17.2. The third-order valence-electron chi connectivity index (χ3n) is 4.97. The van der Waals surface area contributed by atoms with E-state index in [0.29, 0.717) is 5.56 Å². The molecule has 1 heterocycles. The summed E-state index contributed by atoms with van der Waals surface area (Å²) in [5.41, 5.74) is 3.22. The summed E-state index contributed by atoms with van der Waals surface area (Å²) >= 11 is 1.60. The van der Waals surface area contributed by atoms with Gasteiger partial charge in [0.25, 0.3) is 5.91 Å². The summed E-state index contributed by atoms with van der Waals surface area (Å²) in [6.45, 7) is 1.97. The molecule has 4 rings (SSSR count). The van der Waals surface area contributed by atoms with Crippen LogP contribution in [0.2, 0.25) is 0 Å². The SMILES string of the molecule is Cc1csc(-c2ccc(C(=O)NC3(c4ccc(F)cc4)CCC3)cc2)n1. The Hall–Kier alpha value is -2.53. The van der Waals surface area contributed by atoms with E-state index in [1.807, 2.05) is 36.6 Å². The highest BCUT2D eigenvalue weighted by Crippen LogP contribution is 2.41. The molecule has 1 aliphatic carbocycles. The van der Waals surface area contributed by atoms with Gasteiger partial charge in [-0.3, -0.25) is 4.79 Å². The summed E-state index contributed by atoms with van der Waals surface area (Å²) in [7, 11) is 0. The van der Waals surface area contributed by atoms with Crippen molar-refractivity contribution < 1.29 is 9.18 Å². The van der Waals surface area contributed by atoms with Gasteiger partial charge in [0, 0.05) is 22.2 Å². The molecule has 0 atom stereocenters. The van der Waals surface area contributed by atoms with Gasteiger partial charge in [-0.25, -0.2) is 9.37 Å². The molecule has 3 aromatic rings. The first-order valence-corrected chi connectivity index (χ1v) is 9.55. The Labute approximate surface area is 155 Å². The van der Waals surface area contributed by atoms with Crippen LogP contribution in [-0.4, -0.2) is 10.9 Å². The van der Waals surface area contributed by atoms with Gasteiger partial charge in [-0.1, -0.05) is 24.3 Å². The van der Waals surface area contributed by atoms with Crippen molar-refractivity contribution in [3.63, 3.8) is 0 Å². The molecule has 0 radical (unpaired) electrons. The minimum absolute atomic E-state index is 0.101. The van der Waals surface area contributed by atoms with Gasteiger partial charge in [0.05, 0.1) is 5.54 Å². The number of carbonyl (C=O) groups is 1. The number of amides is 1. The smallest absolute Gasteiger partial charge is 0.251 e. The van der Waals surface area contributed by atoms with Gasteiger partial charge in [0.1, 0.15) is 10.8 Å². The first kappa shape index (κ1) is 16.9. The molecular weight excluding hydrogens is 347 g/mol. The molecule has 0 bridgehead atoms. The molecule has 1 amide bonds. The summed E-state index contributed by atoms with van der Waals surface area (Å²) in [6.07, 6.45) is 2.81. The Morgan fingerprint density at radius 2 is 1.81 bits per heavy atom. The fraction of sp³-hybridized carbons (Fsp3) is 0.238. The Bertz CT molecular complexity index is 927. The van der Waals surface area contributed by atoms with Gasteiger partial charge in [-0.2, -0.15) is 0 Å². The Balaban J connectivity index is 1.53. The van der Waals surface area contributed by atoms with E-state index in [0.717, 1.165) is 41.1 Å². The van der Waals surface area contributed by atoms with E-state index in [4.69, 9.17) is 0 Å². The van der Waals surface area contributed by atoms with Crippen molar-refractivity contribution in [3.05, 3.63) is 76.5 Å². The van der Waals surface area contributed by atoms with Crippen LogP contribution in [-0.2, 0) is 5.54 Å². The fourth-order valence-corrected chi connectivity index (χ4v) is 4.13. The van der Waals surface area contributed by atoms with E-state index in [-0.39, 0.29) is 17.3 Å². The molecule has 5 heteroatoms. The van der Waals surface area contributed by atoms with Crippen LogP contribution >= 0.6 is 11.3 Å². The predicted octanol–water partition coefficient (Wildman–Crippen LogP) is 5.07. The molecule has 1 fully saturated rings. The van der Waals surface area contributed by atoms with Crippen LogP contribution in [0.15, 0.2) is 53.9 Å². The third-order valence-corrected chi connectivity index (χ3v) is 5.98. The normalized spacial score (nSPS) is 15.3. The molecule has 0 aliphatic heterocycles. The monoisotopic (exact) mass is 366 g/mol. The van der Waals surface area contributed by atoms with Gasteiger partial charge in [-0.15, -0.1) is 11.3 Å². The highest BCUT2D eigenvalue weighted by atomic mass is 32.1. The topological polar surface area (TPSA) is 42.0 Å². The van der Waals surface area contributed by atoms with Gasteiger partial charge < -0.3 is 5.32 Å². The maximum Gasteiger partial charge on any atom is 0.251 e. The molecule has 2 aromatic carbocycles. The Morgan fingerprint density at radius 3 is 2.35 bits per heavy atom.